The van der Waals surface area contributed by atoms with E-state index in [2.05, 4.69) is 6.92 Å². The lowest BCUT2D eigenvalue weighted by molar-refractivity contribution is -0.320. The highest BCUT2D eigenvalue weighted by Gasteiger charge is 2.37. The Hall–Kier alpha value is -1.22. The molecule has 32 heavy (non-hydrogen) atoms. The Balaban J connectivity index is 3.83. The van der Waals surface area contributed by atoms with Crippen LogP contribution in [0.15, 0.2) is 0 Å². The van der Waals surface area contributed by atoms with Gasteiger partial charge in [-0.3, -0.25) is 0 Å². The Labute approximate surface area is 193 Å². The molecule has 4 unspecified atom stereocenters. The quantitative estimate of drug-likeness (QED) is 0.165. The summed E-state index contributed by atoms with van der Waals surface area (Å²) in [6.45, 7) is 3.98. The molecule has 0 saturated heterocycles. The highest BCUT2D eigenvalue weighted by molar-refractivity contribution is 5.76. The number of aliphatic hydroxyl groups excluding tert-OH is 3. The number of rotatable bonds is 22. The number of esters is 1. The maximum Gasteiger partial charge on any atom is 0.338 e. The van der Waals surface area contributed by atoms with Crippen LogP contribution in [0.4, 0.5) is 0 Å². The molecule has 0 aliphatic heterocycles. The number of hydrogen-bond donors (Lipinski definition) is 3. The number of carbonyl (C=O) groups is 2. The number of carboxylic acid groups (broad SMARTS) is 1. The molecule has 0 aromatic heterocycles. The molecule has 3 N–H and O–H groups in total. The fourth-order valence-electron chi connectivity index (χ4n) is 3.54. The molecule has 0 radical (unpaired) electrons. The normalized spacial score (nSPS) is 15.2. The Morgan fingerprint density at radius 2 is 1.16 bits per heavy atom. The molecule has 0 amide bonds. The van der Waals surface area contributed by atoms with Crippen molar-refractivity contribution >= 4 is 11.9 Å². The Bertz CT molecular complexity index is 471. The second kappa shape index (κ2) is 20.4. The second-order valence-corrected chi connectivity index (χ2v) is 8.38. The van der Waals surface area contributed by atoms with Gasteiger partial charge in [0.15, 0.2) is 6.10 Å². The number of aliphatic hydroxyl groups is 3. The van der Waals surface area contributed by atoms with E-state index in [1.54, 1.807) is 6.92 Å². The standard InChI is InChI=1S/C24H46O8/c1-3-5-6-7-8-9-10-11-12-13-14-15-16-17-18-32-24(30)22(31-4-2)20(26)19(25)21(27)23(28)29/h19-22,25-27H,3-18H2,1-2H3,(H,28,29)/p-1. The Morgan fingerprint density at radius 3 is 1.56 bits per heavy atom. The fourth-order valence-corrected chi connectivity index (χ4v) is 3.54. The van der Waals surface area contributed by atoms with Crippen molar-refractivity contribution in [2.24, 2.45) is 0 Å². The third-order valence-electron chi connectivity index (χ3n) is 5.55. The van der Waals surface area contributed by atoms with Gasteiger partial charge in [0.2, 0.25) is 0 Å². The lowest BCUT2D eigenvalue weighted by Gasteiger charge is -2.28. The number of carboxylic acids is 1. The number of hydrogen-bond acceptors (Lipinski definition) is 8. The van der Waals surface area contributed by atoms with Crippen molar-refractivity contribution in [1.82, 2.24) is 0 Å². The van der Waals surface area contributed by atoms with Gasteiger partial charge in [-0.2, -0.15) is 0 Å². The first kappa shape index (κ1) is 30.8. The smallest absolute Gasteiger partial charge is 0.338 e. The summed E-state index contributed by atoms with van der Waals surface area (Å²) in [6.07, 6.45) is 8.96. The fraction of sp³-hybridized carbons (Fsp3) is 0.917. The molecule has 0 aliphatic rings. The molecule has 0 aromatic rings. The average molecular weight is 462 g/mol. The number of ether oxygens (including phenoxy) is 2. The largest absolute Gasteiger partial charge is 0.547 e. The summed E-state index contributed by atoms with van der Waals surface area (Å²) >= 11 is 0. The first-order valence-electron chi connectivity index (χ1n) is 12.4. The van der Waals surface area contributed by atoms with E-state index in [1.807, 2.05) is 0 Å². The molecule has 0 rings (SSSR count). The summed E-state index contributed by atoms with van der Waals surface area (Å²) in [6, 6.07) is 0. The van der Waals surface area contributed by atoms with Gasteiger partial charge in [-0.1, -0.05) is 90.4 Å². The van der Waals surface area contributed by atoms with E-state index in [1.165, 1.54) is 64.2 Å². The first-order chi connectivity index (χ1) is 15.4. The second-order valence-electron chi connectivity index (χ2n) is 8.38. The number of carbonyl (C=O) groups excluding carboxylic acids is 2. The van der Waals surface area contributed by atoms with Gasteiger partial charge in [0, 0.05) is 6.61 Å². The first-order valence-corrected chi connectivity index (χ1v) is 12.4. The van der Waals surface area contributed by atoms with Crippen molar-refractivity contribution in [3.63, 3.8) is 0 Å². The lowest BCUT2D eigenvalue weighted by atomic mass is 10.0. The number of aliphatic carboxylic acids is 1. The predicted molar refractivity (Wildman–Crippen MR) is 120 cm³/mol. The molecule has 0 bridgehead atoms. The van der Waals surface area contributed by atoms with Gasteiger partial charge < -0.3 is 34.7 Å². The van der Waals surface area contributed by atoms with Crippen LogP contribution in [0, 0.1) is 0 Å². The minimum absolute atomic E-state index is 0.0316. The van der Waals surface area contributed by atoms with E-state index < -0.39 is 36.4 Å². The topological polar surface area (TPSA) is 136 Å². The summed E-state index contributed by atoms with van der Waals surface area (Å²) in [7, 11) is 0. The Kier molecular flexibility index (Phi) is 19.6. The molecule has 190 valence electrons. The molecule has 4 atom stereocenters. The molecular weight excluding hydrogens is 416 g/mol. The van der Waals surface area contributed by atoms with Crippen molar-refractivity contribution < 1.29 is 39.5 Å². The minimum atomic E-state index is -2.34. The third kappa shape index (κ3) is 14.8. The van der Waals surface area contributed by atoms with Crippen LogP contribution >= 0.6 is 0 Å². The molecule has 0 spiro atoms. The van der Waals surface area contributed by atoms with E-state index in [-0.39, 0.29) is 13.2 Å². The summed E-state index contributed by atoms with van der Waals surface area (Å²) in [5.41, 5.74) is 0. The van der Waals surface area contributed by atoms with Crippen LogP contribution < -0.4 is 5.11 Å². The van der Waals surface area contributed by atoms with Crippen LogP contribution in [0.2, 0.25) is 0 Å². The molecule has 8 nitrogen and oxygen atoms in total. The molecule has 0 aliphatic carbocycles. The minimum Gasteiger partial charge on any atom is -0.547 e. The van der Waals surface area contributed by atoms with E-state index in [4.69, 9.17) is 9.47 Å². The SMILES string of the molecule is CCCCCCCCCCCCCCCCOC(=O)C(OCC)C(O)C(O)C(O)C(=O)[O-]. The van der Waals surface area contributed by atoms with Crippen LogP contribution in [-0.2, 0) is 19.1 Å². The van der Waals surface area contributed by atoms with Crippen LogP contribution in [-0.4, -0.2) is 64.9 Å². The zero-order chi connectivity index (χ0) is 24.2. The lowest BCUT2D eigenvalue weighted by Crippen LogP contribution is -2.54. The molecule has 0 aromatic carbocycles. The van der Waals surface area contributed by atoms with Crippen molar-refractivity contribution in [2.45, 2.75) is 128 Å². The van der Waals surface area contributed by atoms with Gasteiger partial charge in [0.1, 0.15) is 18.3 Å². The molecular formula is C24H45O8-. The predicted octanol–water partition coefficient (Wildman–Crippen LogP) is 2.25. The molecule has 0 heterocycles. The van der Waals surface area contributed by atoms with Crippen LogP contribution in [0.5, 0.6) is 0 Å². The Morgan fingerprint density at radius 1 is 0.719 bits per heavy atom. The molecule has 8 heteroatoms. The van der Waals surface area contributed by atoms with Gasteiger partial charge in [0.05, 0.1) is 12.6 Å². The number of unbranched alkanes of at least 4 members (excludes halogenated alkanes) is 13. The van der Waals surface area contributed by atoms with E-state index in [0.717, 1.165) is 19.3 Å². The van der Waals surface area contributed by atoms with Gasteiger partial charge in [0.25, 0.3) is 0 Å². The summed E-state index contributed by atoms with van der Waals surface area (Å²) in [4.78, 5) is 22.8. The van der Waals surface area contributed by atoms with Crippen molar-refractivity contribution in [3.05, 3.63) is 0 Å². The van der Waals surface area contributed by atoms with E-state index in [0.29, 0.717) is 6.42 Å². The van der Waals surface area contributed by atoms with Gasteiger partial charge in [-0.15, -0.1) is 0 Å². The molecule has 0 saturated carbocycles. The summed E-state index contributed by atoms with van der Waals surface area (Å²) in [5.74, 6) is -2.86. The van der Waals surface area contributed by atoms with Crippen LogP contribution in [0.1, 0.15) is 104 Å². The van der Waals surface area contributed by atoms with Crippen molar-refractivity contribution in [3.8, 4) is 0 Å². The average Bonchev–Trinajstić information content (AvgIpc) is 2.78. The van der Waals surface area contributed by atoms with Gasteiger partial charge in [-0.25, -0.2) is 4.79 Å². The highest BCUT2D eigenvalue weighted by Crippen LogP contribution is 2.14. The zero-order valence-corrected chi connectivity index (χ0v) is 20.0. The van der Waals surface area contributed by atoms with E-state index in [9.17, 15) is 30.0 Å². The summed E-state index contributed by atoms with van der Waals surface area (Å²) in [5, 5.41) is 39.6. The highest BCUT2D eigenvalue weighted by atomic mass is 16.6. The zero-order valence-electron chi connectivity index (χ0n) is 20.0. The maximum atomic E-state index is 12.1. The van der Waals surface area contributed by atoms with Crippen LogP contribution in [0.25, 0.3) is 0 Å². The van der Waals surface area contributed by atoms with Gasteiger partial charge in [-0.05, 0) is 13.3 Å². The van der Waals surface area contributed by atoms with Crippen molar-refractivity contribution in [1.29, 1.82) is 0 Å². The van der Waals surface area contributed by atoms with Crippen LogP contribution in [0.3, 0.4) is 0 Å². The van der Waals surface area contributed by atoms with Gasteiger partial charge >= 0.3 is 5.97 Å². The maximum absolute atomic E-state index is 12.1. The third-order valence-corrected chi connectivity index (χ3v) is 5.55. The van der Waals surface area contributed by atoms with Crippen molar-refractivity contribution in [2.75, 3.05) is 13.2 Å². The van der Waals surface area contributed by atoms with E-state index >= 15 is 0 Å². The molecule has 0 fully saturated rings. The summed E-state index contributed by atoms with van der Waals surface area (Å²) < 4.78 is 10.2. The monoisotopic (exact) mass is 461 g/mol.